The smallest absolute Gasteiger partial charge is 0.338 e. The number of fused-ring (bicyclic) bond motifs is 2. The van der Waals surface area contributed by atoms with Crippen molar-refractivity contribution in [2.45, 2.75) is 33.2 Å². The second-order valence-electron chi connectivity index (χ2n) is 9.30. The Morgan fingerprint density at radius 2 is 1.85 bits per heavy atom. The van der Waals surface area contributed by atoms with Gasteiger partial charge in [0.05, 0.1) is 28.6 Å². The van der Waals surface area contributed by atoms with E-state index < -0.39 is 23.5 Å². The number of hydrogen-bond acceptors (Lipinski definition) is 8. The fourth-order valence-corrected chi connectivity index (χ4v) is 6.13. The Balaban J connectivity index is 1.75. The Bertz CT molecular complexity index is 1760. The fourth-order valence-electron chi connectivity index (χ4n) is 4.99. The maximum Gasteiger partial charge on any atom is 0.338 e. The maximum absolute atomic E-state index is 14.2. The van der Waals surface area contributed by atoms with Crippen LogP contribution in [0.15, 0.2) is 82.2 Å². The van der Waals surface area contributed by atoms with E-state index in [1.165, 1.54) is 17.6 Å². The van der Waals surface area contributed by atoms with Gasteiger partial charge in [-0.15, -0.1) is 0 Å². The molecule has 0 bridgehead atoms. The summed E-state index contributed by atoms with van der Waals surface area (Å²) < 4.78 is 12.2. The molecule has 0 N–H and O–H groups in total. The number of allylic oxidation sites excluding steroid dienone is 1. The number of ether oxygens (including phenoxy) is 2. The highest BCUT2D eigenvalue weighted by molar-refractivity contribution is 7.07. The third-order valence-electron chi connectivity index (χ3n) is 6.60. The van der Waals surface area contributed by atoms with Crippen molar-refractivity contribution in [3.05, 3.63) is 103 Å². The Labute approximate surface area is 234 Å². The molecule has 3 heterocycles. The van der Waals surface area contributed by atoms with E-state index in [-0.39, 0.29) is 22.6 Å². The maximum atomic E-state index is 14.2. The standard InChI is InChI=1S/C30H27N3O6S/c1-5-15-32-22-10-8-7-9-21(22)24(27(32)35)26-28(36)33-25(19-11-13-20(14-12-19)39-18(4)34)23(29(37)38-16-6-2)17(3)31-30(33)40-26/h6-14,25H,2,5,15-16H2,1,3-4H3/b26-24+/t25-/m0/s1. The summed E-state index contributed by atoms with van der Waals surface area (Å²) in [6, 6.07) is 13.1. The Morgan fingerprint density at radius 1 is 1.12 bits per heavy atom. The van der Waals surface area contributed by atoms with E-state index >= 15 is 0 Å². The molecule has 204 valence electrons. The van der Waals surface area contributed by atoms with E-state index in [4.69, 9.17) is 9.47 Å². The summed E-state index contributed by atoms with van der Waals surface area (Å²) in [5.41, 5.74) is 2.51. The zero-order valence-corrected chi connectivity index (χ0v) is 23.1. The molecule has 0 aliphatic carbocycles. The lowest BCUT2D eigenvalue weighted by atomic mass is 9.96. The molecule has 1 aromatic heterocycles. The number of para-hydroxylation sites is 1. The molecule has 0 radical (unpaired) electrons. The largest absolute Gasteiger partial charge is 0.458 e. The predicted molar refractivity (Wildman–Crippen MR) is 151 cm³/mol. The van der Waals surface area contributed by atoms with Crippen molar-refractivity contribution >= 4 is 40.4 Å². The first-order valence-corrected chi connectivity index (χ1v) is 13.6. The van der Waals surface area contributed by atoms with E-state index in [1.54, 1.807) is 36.1 Å². The first-order chi connectivity index (χ1) is 19.3. The Kier molecular flexibility index (Phi) is 7.36. The predicted octanol–water partition coefficient (Wildman–Crippen LogP) is 3.02. The molecule has 0 saturated heterocycles. The molecule has 0 unspecified atom stereocenters. The summed E-state index contributed by atoms with van der Waals surface area (Å²) in [4.78, 5) is 59.1. The normalized spacial score (nSPS) is 17.2. The van der Waals surface area contributed by atoms with Gasteiger partial charge in [0, 0.05) is 19.0 Å². The number of esters is 2. The number of aromatic nitrogens is 1. The molecule has 9 nitrogen and oxygen atoms in total. The first-order valence-electron chi connectivity index (χ1n) is 12.8. The van der Waals surface area contributed by atoms with Crippen molar-refractivity contribution in [2.75, 3.05) is 18.1 Å². The van der Waals surface area contributed by atoms with Crippen LogP contribution in [0.2, 0.25) is 0 Å². The van der Waals surface area contributed by atoms with Crippen LogP contribution in [0.5, 0.6) is 5.75 Å². The molecule has 40 heavy (non-hydrogen) atoms. The summed E-state index contributed by atoms with van der Waals surface area (Å²) in [5.74, 6) is -1.02. The van der Waals surface area contributed by atoms with Gasteiger partial charge >= 0.3 is 11.9 Å². The average molecular weight is 558 g/mol. The van der Waals surface area contributed by atoms with Crippen LogP contribution >= 0.6 is 11.3 Å². The van der Waals surface area contributed by atoms with Crippen molar-refractivity contribution in [3.63, 3.8) is 0 Å². The third-order valence-corrected chi connectivity index (χ3v) is 7.66. The topological polar surface area (TPSA) is 107 Å². The SMILES string of the molecule is C=CCOC(=O)C1=C(C)N=c2s/c(=C3/C(=O)N(CCC)c4ccccc43)c(=O)n2[C@H]1c1ccc(OC(C)=O)cc1. The first kappa shape index (κ1) is 27.0. The second-order valence-corrected chi connectivity index (χ2v) is 10.3. The van der Waals surface area contributed by atoms with Crippen LogP contribution < -0.4 is 24.5 Å². The molecular weight excluding hydrogens is 530 g/mol. The number of nitrogens with zero attached hydrogens (tertiary/aromatic N) is 3. The molecule has 0 fully saturated rings. The zero-order chi connectivity index (χ0) is 28.6. The summed E-state index contributed by atoms with van der Waals surface area (Å²) in [6.45, 7) is 9.08. The van der Waals surface area contributed by atoms with Crippen LogP contribution in [0.1, 0.15) is 44.4 Å². The minimum Gasteiger partial charge on any atom is -0.458 e. The highest BCUT2D eigenvalue weighted by Gasteiger charge is 2.37. The molecule has 1 atom stereocenters. The minimum absolute atomic E-state index is 0.0131. The molecule has 2 aliphatic heterocycles. The number of benzene rings is 2. The van der Waals surface area contributed by atoms with E-state index in [0.29, 0.717) is 39.5 Å². The quantitative estimate of drug-likeness (QED) is 0.251. The molecular formula is C30H27N3O6S. The van der Waals surface area contributed by atoms with Gasteiger partial charge in [-0.1, -0.05) is 61.2 Å². The number of thiazole rings is 1. The molecule has 2 aromatic carbocycles. The highest BCUT2D eigenvalue weighted by Crippen LogP contribution is 2.36. The summed E-state index contributed by atoms with van der Waals surface area (Å²) >= 11 is 1.12. The van der Waals surface area contributed by atoms with Crippen molar-refractivity contribution in [1.82, 2.24) is 4.57 Å². The van der Waals surface area contributed by atoms with Crippen LogP contribution in [-0.4, -0.2) is 35.6 Å². The van der Waals surface area contributed by atoms with Crippen molar-refractivity contribution in [2.24, 2.45) is 4.99 Å². The lowest BCUT2D eigenvalue weighted by Gasteiger charge is -2.24. The lowest BCUT2D eigenvalue weighted by molar-refractivity contribution is -0.138. The summed E-state index contributed by atoms with van der Waals surface area (Å²) in [7, 11) is 0. The van der Waals surface area contributed by atoms with E-state index in [9.17, 15) is 19.2 Å². The number of carbonyl (C=O) groups excluding carboxylic acids is 3. The number of amides is 1. The third kappa shape index (κ3) is 4.60. The van der Waals surface area contributed by atoms with Crippen LogP contribution in [-0.2, 0) is 19.1 Å². The van der Waals surface area contributed by atoms with Crippen LogP contribution in [0.4, 0.5) is 5.69 Å². The van der Waals surface area contributed by atoms with Gasteiger partial charge < -0.3 is 14.4 Å². The minimum atomic E-state index is -0.882. The monoisotopic (exact) mass is 557 g/mol. The highest BCUT2D eigenvalue weighted by atomic mass is 32.1. The van der Waals surface area contributed by atoms with Crippen LogP contribution in [0, 0.1) is 0 Å². The summed E-state index contributed by atoms with van der Waals surface area (Å²) in [5, 5.41) is 0. The molecule has 10 heteroatoms. The average Bonchev–Trinajstić information content (AvgIpc) is 3.39. The zero-order valence-electron chi connectivity index (χ0n) is 22.3. The second kappa shape index (κ2) is 10.9. The van der Waals surface area contributed by atoms with Crippen molar-refractivity contribution < 1.29 is 23.9 Å². The fraction of sp³-hybridized carbons (Fsp3) is 0.233. The van der Waals surface area contributed by atoms with Gasteiger partial charge in [-0.05, 0) is 37.1 Å². The molecule has 0 saturated carbocycles. The molecule has 3 aromatic rings. The van der Waals surface area contributed by atoms with Crippen molar-refractivity contribution in [1.29, 1.82) is 0 Å². The number of anilines is 1. The van der Waals surface area contributed by atoms with Gasteiger partial charge in [-0.3, -0.25) is 19.0 Å². The molecule has 2 aliphatic rings. The van der Waals surface area contributed by atoms with Crippen LogP contribution in [0.25, 0.3) is 5.57 Å². The number of hydrogen-bond donors (Lipinski definition) is 0. The summed E-state index contributed by atoms with van der Waals surface area (Å²) in [6.07, 6.45) is 2.21. The van der Waals surface area contributed by atoms with Gasteiger partial charge in [0.15, 0.2) is 4.80 Å². The molecule has 1 amide bonds. The number of carbonyl (C=O) groups is 3. The lowest BCUT2D eigenvalue weighted by Crippen LogP contribution is -2.41. The van der Waals surface area contributed by atoms with E-state index in [0.717, 1.165) is 23.4 Å². The van der Waals surface area contributed by atoms with Gasteiger partial charge in [0.2, 0.25) is 0 Å². The van der Waals surface area contributed by atoms with Gasteiger partial charge in [-0.2, -0.15) is 0 Å². The van der Waals surface area contributed by atoms with Gasteiger partial charge in [0.1, 0.15) is 16.9 Å². The Hall–Kier alpha value is -4.57. The number of rotatable bonds is 7. The molecule has 5 rings (SSSR count). The van der Waals surface area contributed by atoms with Gasteiger partial charge in [-0.25, -0.2) is 9.79 Å². The molecule has 0 spiro atoms. The van der Waals surface area contributed by atoms with E-state index in [1.807, 2.05) is 31.2 Å². The van der Waals surface area contributed by atoms with E-state index in [2.05, 4.69) is 11.6 Å². The van der Waals surface area contributed by atoms with Crippen molar-refractivity contribution in [3.8, 4) is 5.75 Å². The van der Waals surface area contributed by atoms with Gasteiger partial charge in [0.25, 0.3) is 11.5 Å². The Morgan fingerprint density at radius 3 is 2.52 bits per heavy atom. The van der Waals surface area contributed by atoms with Crippen LogP contribution in [0.3, 0.4) is 0 Å².